The lowest BCUT2D eigenvalue weighted by molar-refractivity contribution is -0.123. The summed E-state index contributed by atoms with van der Waals surface area (Å²) < 4.78 is 37.3. The molecular formula is C19H31FN4O4S. The molecule has 1 aromatic carbocycles. The topological polar surface area (TPSA) is 108 Å². The Hall–Kier alpha value is -2.20. The lowest BCUT2D eigenvalue weighted by atomic mass is 10.1. The van der Waals surface area contributed by atoms with Crippen molar-refractivity contribution in [1.82, 2.24) is 20.3 Å². The standard InChI is InChI=1S/C19H31FN4O4S/c1-4-7-17(18(25)21-12-6-13-24(5-2)29(3,27)28)23-19(26)22-14-15-8-10-16(20)11-9-15/h8-11,17H,4-7,12-14H2,1-3H3,(H,21,25)(H2,22,23,26). The minimum absolute atomic E-state index is 0.213. The fraction of sp³-hybridized carbons (Fsp3) is 0.579. The smallest absolute Gasteiger partial charge is 0.315 e. The molecule has 29 heavy (non-hydrogen) atoms. The molecule has 0 aliphatic rings. The molecule has 1 atom stereocenters. The molecule has 1 rings (SSSR count). The molecule has 0 fully saturated rings. The number of urea groups is 1. The van der Waals surface area contributed by atoms with Crippen LogP contribution in [0.5, 0.6) is 0 Å². The summed E-state index contributed by atoms with van der Waals surface area (Å²) >= 11 is 0. The van der Waals surface area contributed by atoms with Crippen LogP contribution in [-0.4, -0.2) is 56.6 Å². The number of benzene rings is 1. The summed E-state index contributed by atoms with van der Waals surface area (Å²) in [7, 11) is -3.25. The minimum Gasteiger partial charge on any atom is -0.354 e. The summed E-state index contributed by atoms with van der Waals surface area (Å²) in [5.74, 6) is -0.664. The van der Waals surface area contributed by atoms with Crippen LogP contribution in [-0.2, 0) is 21.4 Å². The van der Waals surface area contributed by atoms with E-state index in [4.69, 9.17) is 0 Å². The van der Waals surface area contributed by atoms with E-state index >= 15 is 0 Å². The Morgan fingerprint density at radius 1 is 1.14 bits per heavy atom. The first-order valence-electron chi connectivity index (χ1n) is 9.69. The Kier molecular flexibility index (Phi) is 10.6. The molecule has 0 aromatic heterocycles. The number of hydrogen-bond acceptors (Lipinski definition) is 4. The van der Waals surface area contributed by atoms with Gasteiger partial charge in [0.1, 0.15) is 11.9 Å². The van der Waals surface area contributed by atoms with Gasteiger partial charge in [-0.05, 0) is 30.5 Å². The van der Waals surface area contributed by atoms with Gasteiger partial charge in [0.2, 0.25) is 15.9 Å². The third-order valence-corrected chi connectivity index (χ3v) is 5.65. The predicted octanol–water partition coefficient (Wildman–Crippen LogP) is 1.58. The lowest BCUT2D eigenvalue weighted by Gasteiger charge is -2.20. The van der Waals surface area contributed by atoms with Crippen molar-refractivity contribution in [3.63, 3.8) is 0 Å². The molecule has 0 heterocycles. The van der Waals surface area contributed by atoms with Gasteiger partial charge in [-0.3, -0.25) is 4.79 Å². The van der Waals surface area contributed by atoms with Gasteiger partial charge in [-0.25, -0.2) is 21.9 Å². The maximum absolute atomic E-state index is 12.9. The van der Waals surface area contributed by atoms with E-state index < -0.39 is 22.1 Å². The van der Waals surface area contributed by atoms with E-state index in [1.54, 1.807) is 19.1 Å². The highest BCUT2D eigenvalue weighted by Crippen LogP contribution is 2.03. The van der Waals surface area contributed by atoms with Crippen LogP contribution in [0.15, 0.2) is 24.3 Å². The van der Waals surface area contributed by atoms with Crippen LogP contribution >= 0.6 is 0 Å². The van der Waals surface area contributed by atoms with Crippen molar-refractivity contribution in [2.24, 2.45) is 0 Å². The summed E-state index contributed by atoms with van der Waals surface area (Å²) in [5, 5.41) is 8.02. The molecule has 1 unspecified atom stereocenters. The number of halogens is 1. The minimum atomic E-state index is -3.25. The second kappa shape index (κ2) is 12.4. The fourth-order valence-corrected chi connectivity index (χ4v) is 3.63. The zero-order valence-corrected chi connectivity index (χ0v) is 18.0. The Balaban J connectivity index is 2.44. The van der Waals surface area contributed by atoms with Crippen molar-refractivity contribution in [3.05, 3.63) is 35.6 Å². The van der Waals surface area contributed by atoms with Gasteiger partial charge in [0.05, 0.1) is 6.26 Å². The van der Waals surface area contributed by atoms with E-state index in [2.05, 4.69) is 16.0 Å². The van der Waals surface area contributed by atoms with Gasteiger partial charge in [-0.15, -0.1) is 0 Å². The van der Waals surface area contributed by atoms with Crippen LogP contribution in [0.4, 0.5) is 9.18 Å². The first-order chi connectivity index (χ1) is 13.7. The van der Waals surface area contributed by atoms with E-state index in [-0.39, 0.29) is 18.3 Å². The third kappa shape index (κ3) is 9.71. The highest BCUT2D eigenvalue weighted by atomic mass is 32.2. The van der Waals surface area contributed by atoms with Gasteiger partial charge in [-0.1, -0.05) is 32.4 Å². The number of sulfonamides is 1. The third-order valence-electron chi connectivity index (χ3n) is 4.27. The van der Waals surface area contributed by atoms with Crippen molar-refractivity contribution < 1.29 is 22.4 Å². The van der Waals surface area contributed by atoms with Gasteiger partial charge in [0, 0.05) is 26.2 Å². The average molecular weight is 431 g/mol. The first kappa shape index (κ1) is 24.8. The largest absolute Gasteiger partial charge is 0.354 e. The Labute approximate surface area is 172 Å². The van der Waals surface area contributed by atoms with Crippen LogP contribution in [0.1, 0.15) is 38.7 Å². The molecule has 3 N–H and O–H groups in total. The number of rotatable bonds is 12. The molecule has 1 aromatic rings. The molecule has 0 saturated carbocycles. The van der Waals surface area contributed by atoms with Crippen molar-refractivity contribution in [1.29, 1.82) is 0 Å². The summed E-state index contributed by atoms with van der Waals surface area (Å²) in [6.07, 6.45) is 2.80. The SMILES string of the molecule is CCCC(NC(=O)NCc1ccc(F)cc1)C(=O)NCCCN(CC)S(C)(=O)=O. The molecule has 3 amide bonds. The van der Waals surface area contributed by atoms with Gasteiger partial charge < -0.3 is 16.0 Å². The van der Waals surface area contributed by atoms with Crippen LogP contribution in [0.2, 0.25) is 0 Å². The second-order valence-corrected chi connectivity index (χ2v) is 8.68. The van der Waals surface area contributed by atoms with Gasteiger partial charge in [0.15, 0.2) is 0 Å². The average Bonchev–Trinajstić information content (AvgIpc) is 2.66. The van der Waals surface area contributed by atoms with E-state index in [1.165, 1.54) is 16.4 Å². The number of carbonyl (C=O) groups excluding carboxylic acids is 2. The zero-order chi connectivity index (χ0) is 21.9. The van der Waals surface area contributed by atoms with E-state index in [1.807, 2.05) is 6.92 Å². The second-order valence-electron chi connectivity index (χ2n) is 6.69. The lowest BCUT2D eigenvalue weighted by Crippen LogP contribution is -2.50. The predicted molar refractivity (Wildman–Crippen MR) is 110 cm³/mol. The number of carbonyl (C=O) groups is 2. The maximum atomic E-state index is 12.9. The summed E-state index contributed by atoms with van der Waals surface area (Å²) in [5.41, 5.74) is 0.740. The molecule has 0 bridgehead atoms. The molecule has 0 saturated heterocycles. The highest BCUT2D eigenvalue weighted by molar-refractivity contribution is 7.88. The number of hydrogen-bond donors (Lipinski definition) is 3. The van der Waals surface area contributed by atoms with Crippen LogP contribution in [0, 0.1) is 5.82 Å². The van der Waals surface area contributed by atoms with Crippen molar-refractivity contribution in [2.45, 2.75) is 45.7 Å². The summed E-state index contributed by atoms with van der Waals surface area (Å²) in [6.45, 7) is 4.88. The van der Waals surface area contributed by atoms with Gasteiger partial charge >= 0.3 is 6.03 Å². The maximum Gasteiger partial charge on any atom is 0.315 e. The molecule has 8 nitrogen and oxygen atoms in total. The molecule has 0 spiro atoms. The van der Waals surface area contributed by atoms with Crippen molar-refractivity contribution in [2.75, 3.05) is 25.9 Å². The molecule has 10 heteroatoms. The van der Waals surface area contributed by atoms with Crippen LogP contribution in [0.3, 0.4) is 0 Å². The molecule has 0 aliphatic heterocycles. The normalized spacial score (nSPS) is 12.4. The number of nitrogens with zero attached hydrogens (tertiary/aromatic N) is 1. The van der Waals surface area contributed by atoms with E-state index in [9.17, 15) is 22.4 Å². The van der Waals surface area contributed by atoms with E-state index in [0.29, 0.717) is 38.9 Å². The Bertz CT molecular complexity index is 756. The molecule has 164 valence electrons. The van der Waals surface area contributed by atoms with Crippen LogP contribution < -0.4 is 16.0 Å². The molecule has 0 aliphatic carbocycles. The van der Waals surface area contributed by atoms with Gasteiger partial charge in [0.25, 0.3) is 0 Å². The van der Waals surface area contributed by atoms with Crippen molar-refractivity contribution >= 4 is 22.0 Å². The summed E-state index contributed by atoms with van der Waals surface area (Å²) in [4.78, 5) is 24.5. The Morgan fingerprint density at radius 3 is 2.34 bits per heavy atom. The quantitative estimate of drug-likeness (QED) is 0.438. The number of amides is 3. The highest BCUT2D eigenvalue weighted by Gasteiger charge is 2.20. The van der Waals surface area contributed by atoms with Crippen molar-refractivity contribution in [3.8, 4) is 0 Å². The molecular weight excluding hydrogens is 399 g/mol. The summed E-state index contributed by atoms with van der Waals surface area (Å²) in [6, 6.07) is 4.59. The number of nitrogens with one attached hydrogen (secondary N) is 3. The van der Waals surface area contributed by atoms with E-state index in [0.717, 1.165) is 11.8 Å². The van der Waals surface area contributed by atoms with Crippen LogP contribution in [0.25, 0.3) is 0 Å². The monoisotopic (exact) mass is 430 g/mol. The first-order valence-corrected chi connectivity index (χ1v) is 11.5. The molecule has 0 radical (unpaired) electrons. The Morgan fingerprint density at radius 2 is 1.79 bits per heavy atom. The zero-order valence-electron chi connectivity index (χ0n) is 17.2. The van der Waals surface area contributed by atoms with Gasteiger partial charge in [-0.2, -0.15) is 0 Å². The fourth-order valence-electron chi connectivity index (χ4n) is 2.70.